The van der Waals surface area contributed by atoms with Gasteiger partial charge in [0.25, 0.3) is 0 Å². The smallest absolute Gasteiger partial charge is 0.141 e. The number of benzene rings is 1. The highest BCUT2D eigenvalue weighted by molar-refractivity contribution is 5.41. The fourth-order valence-corrected chi connectivity index (χ4v) is 3.92. The van der Waals surface area contributed by atoms with Crippen LogP contribution in [0, 0.1) is 6.92 Å². The third-order valence-electron chi connectivity index (χ3n) is 5.55. The van der Waals surface area contributed by atoms with Gasteiger partial charge in [0.05, 0.1) is 19.4 Å². The van der Waals surface area contributed by atoms with Gasteiger partial charge in [-0.2, -0.15) is 0 Å². The average Bonchev–Trinajstić information content (AvgIpc) is 3.10. The van der Waals surface area contributed by atoms with E-state index in [1.807, 2.05) is 12.1 Å². The number of aryl methyl sites for hydroxylation is 1. The van der Waals surface area contributed by atoms with E-state index < -0.39 is 0 Å². The van der Waals surface area contributed by atoms with E-state index in [1.165, 1.54) is 5.56 Å². The highest BCUT2D eigenvalue weighted by Crippen LogP contribution is 2.34. The fraction of sp³-hybridized carbons (Fsp3) is 0.476. The summed E-state index contributed by atoms with van der Waals surface area (Å²) in [6.07, 6.45) is 1.66. The fourth-order valence-electron chi connectivity index (χ4n) is 3.92. The van der Waals surface area contributed by atoms with Gasteiger partial charge in [-0.05, 0) is 38.7 Å². The van der Waals surface area contributed by atoms with E-state index in [4.69, 9.17) is 4.74 Å². The average molecular weight is 371 g/mol. The maximum Gasteiger partial charge on any atom is 0.141 e. The van der Waals surface area contributed by atoms with Crippen LogP contribution in [0.15, 0.2) is 30.5 Å². The van der Waals surface area contributed by atoms with Crippen molar-refractivity contribution in [2.45, 2.75) is 32.0 Å². The van der Waals surface area contributed by atoms with Crippen LogP contribution in [0.4, 0.5) is 0 Å². The predicted molar refractivity (Wildman–Crippen MR) is 105 cm³/mol. The molecule has 2 heterocycles. The molecular weight excluding hydrogens is 342 g/mol. The first kappa shape index (κ1) is 19.6. The first-order chi connectivity index (χ1) is 12.9. The van der Waals surface area contributed by atoms with E-state index in [9.17, 15) is 10.2 Å². The Hall–Kier alpha value is -2.15. The molecule has 3 rings (SSSR count). The van der Waals surface area contributed by atoms with Gasteiger partial charge in [-0.25, -0.2) is 0 Å². The molecule has 2 N–H and O–H groups in total. The molecule has 0 aliphatic carbocycles. The molecule has 1 aromatic carbocycles. The third-order valence-corrected chi connectivity index (χ3v) is 5.55. The Labute approximate surface area is 161 Å². The summed E-state index contributed by atoms with van der Waals surface area (Å²) in [4.78, 5) is 8.76. The molecule has 6 heteroatoms. The lowest BCUT2D eigenvalue weighted by atomic mass is 9.93. The Morgan fingerprint density at radius 2 is 1.93 bits per heavy atom. The van der Waals surface area contributed by atoms with Crippen molar-refractivity contribution in [3.05, 3.63) is 52.8 Å². The standard InChI is InChI=1S/C21H29N3O3/c1-14-21(26)19(16(13-25)9-22-14)11-24-10-18(20(12-24)23(2)3)15-5-7-17(27-4)8-6-15/h5-9,18,20,25-26H,10-13H2,1-4H3. The molecule has 0 radical (unpaired) electrons. The summed E-state index contributed by atoms with van der Waals surface area (Å²) in [5, 5.41) is 20.1. The highest BCUT2D eigenvalue weighted by Gasteiger charge is 2.35. The Kier molecular flexibility index (Phi) is 5.99. The van der Waals surface area contributed by atoms with Gasteiger partial charge in [0, 0.05) is 48.9 Å². The lowest BCUT2D eigenvalue weighted by molar-refractivity contribution is 0.252. The summed E-state index contributed by atoms with van der Waals surface area (Å²) in [7, 11) is 5.90. The van der Waals surface area contributed by atoms with Crippen molar-refractivity contribution in [1.29, 1.82) is 0 Å². The molecule has 2 unspecified atom stereocenters. The van der Waals surface area contributed by atoms with Gasteiger partial charge >= 0.3 is 0 Å². The zero-order valence-corrected chi connectivity index (χ0v) is 16.5. The normalized spacial score (nSPS) is 20.4. The van der Waals surface area contributed by atoms with Crippen LogP contribution in [0.2, 0.25) is 0 Å². The molecular formula is C21H29N3O3. The molecule has 0 bridgehead atoms. The summed E-state index contributed by atoms with van der Waals surface area (Å²) in [6, 6.07) is 8.66. The number of aromatic hydroxyl groups is 1. The third kappa shape index (κ3) is 4.08. The molecule has 27 heavy (non-hydrogen) atoms. The zero-order valence-electron chi connectivity index (χ0n) is 16.5. The number of pyridine rings is 1. The predicted octanol–water partition coefficient (Wildman–Crippen LogP) is 2.13. The minimum absolute atomic E-state index is 0.122. The SMILES string of the molecule is COc1ccc(C2CN(Cc3c(CO)cnc(C)c3O)CC2N(C)C)cc1. The molecule has 2 atom stereocenters. The van der Waals surface area contributed by atoms with E-state index in [0.717, 1.165) is 24.4 Å². The van der Waals surface area contributed by atoms with E-state index in [0.29, 0.717) is 29.8 Å². The van der Waals surface area contributed by atoms with Crippen molar-refractivity contribution in [3.63, 3.8) is 0 Å². The molecule has 0 spiro atoms. The van der Waals surface area contributed by atoms with Crippen LogP contribution >= 0.6 is 0 Å². The molecule has 0 saturated carbocycles. The largest absolute Gasteiger partial charge is 0.506 e. The van der Waals surface area contributed by atoms with Crippen molar-refractivity contribution in [2.75, 3.05) is 34.3 Å². The number of likely N-dealkylation sites (tertiary alicyclic amines) is 1. The van der Waals surface area contributed by atoms with Gasteiger partial charge in [0.1, 0.15) is 11.5 Å². The maximum atomic E-state index is 10.5. The van der Waals surface area contributed by atoms with Crippen molar-refractivity contribution < 1.29 is 14.9 Å². The number of aliphatic hydroxyl groups is 1. The number of aromatic nitrogens is 1. The Morgan fingerprint density at radius 3 is 2.52 bits per heavy atom. The summed E-state index contributed by atoms with van der Waals surface area (Å²) < 4.78 is 5.28. The molecule has 2 aromatic rings. The first-order valence-electron chi connectivity index (χ1n) is 9.24. The number of methoxy groups -OCH3 is 1. The Morgan fingerprint density at radius 1 is 1.22 bits per heavy atom. The Bertz CT molecular complexity index is 777. The summed E-state index contributed by atoms with van der Waals surface area (Å²) >= 11 is 0. The minimum Gasteiger partial charge on any atom is -0.506 e. The molecule has 1 aliphatic heterocycles. The monoisotopic (exact) mass is 371 g/mol. The second kappa shape index (κ2) is 8.25. The topological polar surface area (TPSA) is 69.1 Å². The second-order valence-electron chi connectivity index (χ2n) is 7.46. The number of hydrogen-bond donors (Lipinski definition) is 2. The van der Waals surface area contributed by atoms with E-state index in [2.05, 4.69) is 41.0 Å². The lowest BCUT2D eigenvalue weighted by Gasteiger charge is -2.25. The lowest BCUT2D eigenvalue weighted by Crippen LogP contribution is -2.34. The van der Waals surface area contributed by atoms with Crippen LogP contribution in [0.25, 0.3) is 0 Å². The van der Waals surface area contributed by atoms with Gasteiger partial charge in [-0.15, -0.1) is 0 Å². The number of rotatable bonds is 6. The van der Waals surface area contributed by atoms with Gasteiger partial charge in [0.2, 0.25) is 0 Å². The molecule has 1 fully saturated rings. The van der Waals surface area contributed by atoms with Crippen LogP contribution in [0.1, 0.15) is 28.3 Å². The first-order valence-corrected chi connectivity index (χ1v) is 9.24. The summed E-state index contributed by atoms with van der Waals surface area (Å²) in [5.74, 6) is 1.42. The number of aliphatic hydroxyl groups excluding tert-OH is 1. The van der Waals surface area contributed by atoms with E-state index in [-0.39, 0.29) is 12.4 Å². The van der Waals surface area contributed by atoms with Crippen LogP contribution in [0.5, 0.6) is 11.5 Å². The van der Waals surface area contributed by atoms with Gasteiger partial charge in [0.15, 0.2) is 0 Å². The van der Waals surface area contributed by atoms with Crippen molar-refractivity contribution in [3.8, 4) is 11.5 Å². The number of likely N-dealkylation sites (N-methyl/N-ethyl adjacent to an activating group) is 1. The number of nitrogens with zero attached hydrogens (tertiary/aromatic N) is 3. The minimum atomic E-state index is -0.122. The molecule has 6 nitrogen and oxygen atoms in total. The summed E-state index contributed by atoms with van der Waals surface area (Å²) in [5.41, 5.74) is 3.34. The zero-order chi connectivity index (χ0) is 19.6. The van der Waals surface area contributed by atoms with Crippen molar-refractivity contribution in [1.82, 2.24) is 14.8 Å². The number of ether oxygens (including phenoxy) is 1. The molecule has 1 aromatic heterocycles. The highest BCUT2D eigenvalue weighted by atomic mass is 16.5. The summed E-state index contributed by atoms with van der Waals surface area (Å²) in [6.45, 7) is 4.05. The van der Waals surface area contributed by atoms with E-state index in [1.54, 1.807) is 20.2 Å². The van der Waals surface area contributed by atoms with Gasteiger partial charge in [-0.3, -0.25) is 9.88 Å². The Balaban J connectivity index is 1.84. The van der Waals surface area contributed by atoms with Crippen LogP contribution in [-0.4, -0.2) is 65.3 Å². The van der Waals surface area contributed by atoms with Crippen molar-refractivity contribution in [2.24, 2.45) is 0 Å². The maximum absolute atomic E-state index is 10.5. The molecule has 1 aliphatic rings. The molecule has 146 valence electrons. The number of hydrogen-bond acceptors (Lipinski definition) is 6. The quantitative estimate of drug-likeness (QED) is 0.811. The second-order valence-corrected chi connectivity index (χ2v) is 7.46. The van der Waals surface area contributed by atoms with Gasteiger partial charge < -0.3 is 19.8 Å². The van der Waals surface area contributed by atoms with Crippen LogP contribution < -0.4 is 4.74 Å². The molecule has 1 saturated heterocycles. The van der Waals surface area contributed by atoms with Crippen LogP contribution in [-0.2, 0) is 13.2 Å². The van der Waals surface area contributed by atoms with Crippen LogP contribution in [0.3, 0.4) is 0 Å². The molecule has 0 amide bonds. The van der Waals surface area contributed by atoms with Crippen molar-refractivity contribution >= 4 is 0 Å². The van der Waals surface area contributed by atoms with Gasteiger partial charge in [-0.1, -0.05) is 12.1 Å². The van der Waals surface area contributed by atoms with E-state index >= 15 is 0 Å².